The number of hydrogen-bond donors (Lipinski definition) is 2. The number of aromatic nitrogens is 4. The zero-order valence-corrected chi connectivity index (χ0v) is 16.1. The standard InChI is InChI=1S/C16H18ClFN4O5S/c17-15-20-12-10(13(21-15)28-7-3-1-2-4-7)19-6-22(12)14-9(18)11(27-16(24)25)8(5-23)26-14/h6-9,11,14,23H,1-5H2,(H,24,25)/t8-,9+,11-,14-/m1/s1. The Balaban J connectivity index is 1.67. The molecule has 1 aliphatic heterocycles. The molecule has 152 valence electrons. The lowest BCUT2D eigenvalue weighted by Gasteiger charge is -2.16. The van der Waals surface area contributed by atoms with Crippen LogP contribution in [0, 0.1) is 0 Å². The maximum absolute atomic E-state index is 14.9. The van der Waals surface area contributed by atoms with Crippen LogP contribution >= 0.6 is 23.4 Å². The van der Waals surface area contributed by atoms with E-state index in [4.69, 9.17) is 21.4 Å². The van der Waals surface area contributed by atoms with Gasteiger partial charge in [-0.3, -0.25) is 4.57 Å². The Bertz CT molecular complexity index is 880. The van der Waals surface area contributed by atoms with Gasteiger partial charge < -0.3 is 19.7 Å². The molecule has 0 aromatic carbocycles. The molecule has 2 fully saturated rings. The van der Waals surface area contributed by atoms with E-state index in [1.54, 1.807) is 11.8 Å². The highest BCUT2D eigenvalue weighted by atomic mass is 35.5. The summed E-state index contributed by atoms with van der Waals surface area (Å²) in [4.78, 5) is 23.6. The number of thioether (sulfide) groups is 1. The molecular weight excluding hydrogens is 415 g/mol. The highest BCUT2D eigenvalue weighted by Gasteiger charge is 2.49. The van der Waals surface area contributed by atoms with Crippen molar-refractivity contribution in [1.29, 1.82) is 0 Å². The Kier molecular flexibility index (Phi) is 5.59. The smallest absolute Gasteiger partial charge is 0.450 e. The van der Waals surface area contributed by atoms with Crippen LogP contribution in [0.3, 0.4) is 0 Å². The van der Waals surface area contributed by atoms with Crippen LogP contribution < -0.4 is 0 Å². The normalized spacial score (nSPS) is 28.2. The molecule has 0 amide bonds. The molecule has 2 aromatic rings. The molecule has 12 heteroatoms. The molecule has 4 atom stereocenters. The summed E-state index contributed by atoms with van der Waals surface area (Å²) in [6.07, 6.45) is -1.52. The van der Waals surface area contributed by atoms with Crippen LogP contribution in [0.4, 0.5) is 9.18 Å². The van der Waals surface area contributed by atoms with Crippen LogP contribution in [-0.2, 0) is 9.47 Å². The van der Waals surface area contributed by atoms with Gasteiger partial charge in [-0.05, 0) is 24.4 Å². The van der Waals surface area contributed by atoms with Gasteiger partial charge >= 0.3 is 6.16 Å². The topological polar surface area (TPSA) is 120 Å². The molecule has 0 bridgehead atoms. The number of aliphatic hydroxyl groups excluding tert-OH is 1. The minimum absolute atomic E-state index is 0.000182. The quantitative estimate of drug-likeness (QED) is 0.417. The van der Waals surface area contributed by atoms with E-state index in [2.05, 4.69) is 19.7 Å². The van der Waals surface area contributed by atoms with Crippen LogP contribution in [0.15, 0.2) is 11.4 Å². The minimum Gasteiger partial charge on any atom is -0.450 e. The van der Waals surface area contributed by atoms with Crippen molar-refractivity contribution in [2.45, 2.75) is 60.6 Å². The van der Waals surface area contributed by atoms with E-state index < -0.39 is 37.4 Å². The number of alkyl halides is 1. The summed E-state index contributed by atoms with van der Waals surface area (Å²) in [5.74, 6) is 0. The van der Waals surface area contributed by atoms with E-state index in [1.165, 1.54) is 23.7 Å². The van der Waals surface area contributed by atoms with E-state index >= 15 is 0 Å². The van der Waals surface area contributed by atoms with Crippen LogP contribution in [0.1, 0.15) is 31.9 Å². The molecule has 2 aliphatic rings. The Morgan fingerprint density at radius 2 is 2.18 bits per heavy atom. The molecule has 0 spiro atoms. The van der Waals surface area contributed by atoms with Crippen LogP contribution in [0.25, 0.3) is 11.2 Å². The summed E-state index contributed by atoms with van der Waals surface area (Å²) in [5.41, 5.74) is 0.751. The first-order chi connectivity index (χ1) is 13.5. The first kappa shape index (κ1) is 19.6. The fourth-order valence-corrected chi connectivity index (χ4v) is 5.11. The largest absolute Gasteiger partial charge is 0.506 e. The second-order valence-corrected chi connectivity index (χ2v) is 8.31. The van der Waals surface area contributed by atoms with Gasteiger partial charge in [0.2, 0.25) is 5.28 Å². The third kappa shape index (κ3) is 3.63. The number of nitrogens with zero attached hydrogens (tertiary/aromatic N) is 4. The lowest BCUT2D eigenvalue weighted by Crippen LogP contribution is -2.35. The van der Waals surface area contributed by atoms with Gasteiger partial charge in [0, 0.05) is 5.25 Å². The van der Waals surface area contributed by atoms with Crippen molar-refractivity contribution in [3.8, 4) is 0 Å². The third-order valence-electron chi connectivity index (χ3n) is 4.90. The van der Waals surface area contributed by atoms with Crippen molar-refractivity contribution in [3.05, 3.63) is 11.6 Å². The van der Waals surface area contributed by atoms with Crippen molar-refractivity contribution >= 4 is 40.7 Å². The van der Waals surface area contributed by atoms with Gasteiger partial charge in [0.1, 0.15) is 16.6 Å². The monoisotopic (exact) mass is 432 g/mol. The van der Waals surface area contributed by atoms with E-state index in [9.17, 15) is 14.3 Å². The molecule has 2 aromatic heterocycles. The second kappa shape index (κ2) is 7.97. The van der Waals surface area contributed by atoms with E-state index in [1.807, 2.05) is 0 Å². The molecule has 0 unspecified atom stereocenters. The van der Waals surface area contributed by atoms with Crippen LogP contribution in [0.2, 0.25) is 5.28 Å². The third-order valence-corrected chi connectivity index (χ3v) is 6.38. The molecule has 0 radical (unpaired) electrons. The van der Waals surface area contributed by atoms with Crippen LogP contribution in [-0.4, -0.2) is 66.1 Å². The number of fused-ring (bicyclic) bond motifs is 1. The summed E-state index contributed by atoms with van der Waals surface area (Å²) >= 11 is 7.66. The average Bonchev–Trinajstić information content (AvgIpc) is 3.36. The summed E-state index contributed by atoms with van der Waals surface area (Å²) in [6, 6.07) is 0. The van der Waals surface area contributed by atoms with Crippen molar-refractivity contribution in [1.82, 2.24) is 19.5 Å². The van der Waals surface area contributed by atoms with Gasteiger partial charge in [-0.15, -0.1) is 11.8 Å². The van der Waals surface area contributed by atoms with Gasteiger partial charge in [0.15, 0.2) is 24.2 Å². The van der Waals surface area contributed by atoms with Crippen molar-refractivity contribution in [2.24, 2.45) is 0 Å². The average molecular weight is 433 g/mol. The summed E-state index contributed by atoms with van der Waals surface area (Å²) in [6.45, 7) is -0.597. The number of imidazole rings is 1. The predicted molar refractivity (Wildman–Crippen MR) is 97.2 cm³/mol. The number of aliphatic hydroxyl groups is 1. The van der Waals surface area contributed by atoms with Crippen molar-refractivity contribution in [3.63, 3.8) is 0 Å². The molecule has 3 heterocycles. The molecule has 1 saturated heterocycles. The predicted octanol–water partition coefficient (Wildman–Crippen LogP) is 2.81. The first-order valence-corrected chi connectivity index (χ1v) is 10.1. The second-order valence-electron chi connectivity index (χ2n) is 6.69. The van der Waals surface area contributed by atoms with Gasteiger partial charge in [-0.2, -0.15) is 4.98 Å². The molecule has 1 aliphatic carbocycles. The lowest BCUT2D eigenvalue weighted by atomic mass is 10.1. The number of hydrogen-bond acceptors (Lipinski definition) is 8. The van der Waals surface area contributed by atoms with E-state index in [-0.39, 0.29) is 10.9 Å². The Hall–Kier alpha value is -1.69. The maximum Gasteiger partial charge on any atom is 0.506 e. The highest BCUT2D eigenvalue weighted by Crippen LogP contribution is 2.39. The number of rotatable bonds is 5. The SMILES string of the molecule is O=C(O)O[C@H]1[C@H](F)[C@H](n2cnc3c(SC4CCCC4)nc(Cl)nc32)O[C@@H]1CO. The van der Waals surface area contributed by atoms with E-state index in [0.29, 0.717) is 15.8 Å². The van der Waals surface area contributed by atoms with Gasteiger partial charge in [-0.25, -0.2) is 19.2 Å². The Morgan fingerprint density at radius 3 is 2.86 bits per heavy atom. The zero-order valence-electron chi connectivity index (χ0n) is 14.6. The molecule has 1 saturated carbocycles. The number of carbonyl (C=O) groups is 1. The van der Waals surface area contributed by atoms with Crippen molar-refractivity contribution < 1.29 is 28.9 Å². The van der Waals surface area contributed by atoms with Gasteiger partial charge in [-0.1, -0.05) is 12.8 Å². The molecule has 2 N–H and O–H groups in total. The highest BCUT2D eigenvalue weighted by molar-refractivity contribution is 8.00. The molecular formula is C16H18ClFN4O5S. The molecule has 28 heavy (non-hydrogen) atoms. The fourth-order valence-electron chi connectivity index (χ4n) is 3.62. The maximum atomic E-state index is 14.9. The van der Waals surface area contributed by atoms with Gasteiger partial charge in [0.25, 0.3) is 0 Å². The number of ether oxygens (including phenoxy) is 2. The summed E-state index contributed by atoms with van der Waals surface area (Å²) < 4.78 is 26.3. The van der Waals surface area contributed by atoms with Crippen molar-refractivity contribution in [2.75, 3.05) is 6.61 Å². The lowest BCUT2D eigenvalue weighted by molar-refractivity contribution is -0.0520. The number of carboxylic acid groups (broad SMARTS) is 1. The zero-order chi connectivity index (χ0) is 19.8. The summed E-state index contributed by atoms with van der Waals surface area (Å²) in [7, 11) is 0. The first-order valence-electron chi connectivity index (χ1n) is 8.84. The minimum atomic E-state index is -1.86. The summed E-state index contributed by atoms with van der Waals surface area (Å²) in [5, 5.41) is 19.3. The number of halogens is 2. The Morgan fingerprint density at radius 1 is 1.43 bits per heavy atom. The molecule has 9 nitrogen and oxygen atoms in total. The van der Waals surface area contributed by atoms with Crippen LogP contribution in [0.5, 0.6) is 0 Å². The van der Waals surface area contributed by atoms with Gasteiger partial charge in [0.05, 0.1) is 12.9 Å². The van der Waals surface area contributed by atoms with E-state index in [0.717, 1.165) is 12.8 Å². The Labute approximate surface area is 168 Å². The molecule has 4 rings (SSSR count). The fraction of sp³-hybridized carbons (Fsp3) is 0.625.